The number of rotatable bonds is 6. The van der Waals surface area contributed by atoms with Crippen LogP contribution in [0, 0.1) is 0 Å². The molecule has 0 saturated heterocycles. The number of pyridine rings is 1. The Morgan fingerprint density at radius 3 is 2.42 bits per heavy atom. The highest BCUT2D eigenvalue weighted by Gasteiger charge is 2.55. The van der Waals surface area contributed by atoms with Crippen LogP contribution >= 0.6 is 0 Å². The summed E-state index contributed by atoms with van der Waals surface area (Å²) in [6.07, 6.45) is 7.42. The number of hydrogen-bond donors (Lipinski definition) is 0. The maximum absolute atomic E-state index is 14.6. The van der Waals surface area contributed by atoms with Gasteiger partial charge in [-0.1, -0.05) is 24.3 Å². The highest BCUT2D eigenvalue weighted by atomic mass is 16.6. The molecule has 1 aliphatic carbocycles. The average molecular weight is 515 g/mol. The lowest BCUT2D eigenvalue weighted by Crippen LogP contribution is -2.47. The van der Waals surface area contributed by atoms with Gasteiger partial charge in [0.15, 0.2) is 11.5 Å². The Balaban J connectivity index is 1.68. The van der Waals surface area contributed by atoms with Crippen LogP contribution in [0.1, 0.15) is 63.1 Å². The van der Waals surface area contributed by atoms with Gasteiger partial charge in [-0.3, -0.25) is 9.78 Å². The molecule has 1 atom stereocenters. The molecule has 5 rings (SSSR count). The molecule has 1 saturated carbocycles. The molecule has 1 aromatic heterocycles. The van der Waals surface area contributed by atoms with Gasteiger partial charge in [-0.2, -0.15) is 0 Å². The summed E-state index contributed by atoms with van der Waals surface area (Å²) in [5, 5.41) is 0. The molecule has 198 valence electrons. The quantitative estimate of drug-likeness (QED) is 0.389. The number of methoxy groups -OCH3 is 1. The van der Waals surface area contributed by atoms with Crippen molar-refractivity contribution in [1.82, 2.24) is 4.98 Å². The Morgan fingerprint density at radius 2 is 1.74 bits per heavy atom. The molecular formula is C31H34N2O5. The topological polar surface area (TPSA) is 78.0 Å². The predicted molar refractivity (Wildman–Crippen MR) is 145 cm³/mol. The van der Waals surface area contributed by atoms with Crippen LogP contribution in [0.2, 0.25) is 0 Å². The van der Waals surface area contributed by atoms with Crippen LogP contribution in [-0.4, -0.2) is 35.8 Å². The lowest BCUT2D eigenvalue weighted by atomic mass is 9.71. The summed E-state index contributed by atoms with van der Waals surface area (Å²) in [5.74, 6) is 0.858. The van der Waals surface area contributed by atoms with E-state index in [9.17, 15) is 9.59 Å². The van der Waals surface area contributed by atoms with Crippen LogP contribution in [0.25, 0.3) is 0 Å². The van der Waals surface area contributed by atoms with Gasteiger partial charge in [0, 0.05) is 12.4 Å². The van der Waals surface area contributed by atoms with E-state index in [2.05, 4.69) is 4.98 Å². The summed E-state index contributed by atoms with van der Waals surface area (Å²) in [4.78, 5) is 33.3. The first-order valence-electron chi connectivity index (χ1n) is 13.1. The number of amides is 2. The minimum Gasteiger partial charge on any atom is -0.493 e. The van der Waals surface area contributed by atoms with Gasteiger partial charge in [-0.05, 0) is 99.9 Å². The Bertz CT molecular complexity index is 1330. The molecule has 2 aliphatic rings. The Kier molecular flexibility index (Phi) is 6.86. The largest absolute Gasteiger partial charge is 0.493 e. The lowest BCUT2D eigenvalue weighted by Gasteiger charge is -2.31. The monoisotopic (exact) mass is 514 g/mol. The molecular weight excluding hydrogens is 480 g/mol. The van der Waals surface area contributed by atoms with Gasteiger partial charge >= 0.3 is 6.09 Å². The fourth-order valence-corrected chi connectivity index (χ4v) is 5.51. The van der Waals surface area contributed by atoms with Crippen LogP contribution in [0.3, 0.4) is 0 Å². The second-order valence-corrected chi connectivity index (χ2v) is 11.0. The van der Waals surface area contributed by atoms with E-state index >= 15 is 0 Å². The third kappa shape index (κ3) is 4.73. The molecule has 38 heavy (non-hydrogen) atoms. The number of aromatic nitrogens is 1. The standard InChI is InChI=1S/C31H34N2O5/c1-30(2,3)38-29(35)33-25-12-8-7-11-24(25)31(28(33)34,20-21-15-17-32-18-16-21)22-13-14-26(36-4)27(19-22)37-23-9-5-6-10-23/h7-8,11-19,23H,5-6,9-10,20H2,1-4H3. The van der Waals surface area contributed by atoms with Gasteiger partial charge in [0.05, 0.1) is 18.9 Å². The van der Waals surface area contributed by atoms with E-state index in [0.29, 0.717) is 23.6 Å². The van der Waals surface area contributed by atoms with Crippen LogP contribution in [0.15, 0.2) is 67.0 Å². The molecule has 2 heterocycles. The SMILES string of the molecule is COc1ccc(C2(Cc3ccncc3)C(=O)N(C(=O)OC(C)(C)C)c3ccccc32)cc1OC1CCCC1. The number of anilines is 1. The van der Waals surface area contributed by atoms with E-state index in [0.717, 1.165) is 42.4 Å². The lowest BCUT2D eigenvalue weighted by molar-refractivity contribution is -0.121. The van der Waals surface area contributed by atoms with E-state index in [-0.39, 0.29) is 12.0 Å². The molecule has 0 N–H and O–H groups in total. The van der Waals surface area contributed by atoms with Crippen molar-refractivity contribution >= 4 is 17.7 Å². The minimum absolute atomic E-state index is 0.111. The van der Waals surface area contributed by atoms with Gasteiger partial charge in [-0.25, -0.2) is 9.69 Å². The second kappa shape index (κ2) is 10.1. The number of hydrogen-bond acceptors (Lipinski definition) is 6. The summed E-state index contributed by atoms with van der Waals surface area (Å²) in [5.41, 5.74) is 0.967. The van der Waals surface area contributed by atoms with E-state index in [1.807, 2.05) is 48.5 Å². The normalized spacial score (nSPS) is 19.4. The predicted octanol–water partition coefficient (Wildman–Crippen LogP) is 6.22. The van der Waals surface area contributed by atoms with Crippen LogP contribution in [0.4, 0.5) is 10.5 Å². The molecule has 2 aromatic carbocycles. The molecule has 1 unspecified atom stereocenters. The van der Waals surface area contributed by atoms with Crippen LogP contribution < -0.4 is 14.4 Å². The number of nitrogens with zero attached hydrogens (tertiary/aromatic N) is 2. The molecule has 1 aliphatic heterocycles. The zero-order valence-electron chi connectivity index (χ0n) is 22.4. The fraction of sp³-hybridized carbons (Fsp3) is 0.387. The Labute approximate surface area is 223 Å². The van der Waals surface area contributed by atoms with Gasteiger partial charge in [-0.15, -0.1) is 0 Å². The molecule has 0 bridgehead atoms. The molecule has 0 spiro atoms. The number of carbonyl (C=O) groups excluding carboxylic acids is 2. The van der Waals surface area contributed by atoms with E-state index in [1.54, 1.807) is 46.3 Å². The first-order valence-corrected chi connectivity index (χ1v) is 13.1. The molecule has 7 heteroatoms. The zero-order chi connectivity index (χ0) is 26.9. The zero-order valence-corrected chi connectivity index (χ0v) is 22.4. The average Bonchev–Trinajstić information content (AvgIpc) is 3.48. The molecule has 1 fully saturated rings. The summed E-state index contributed by atoms with van der Waals surface area (Å²) in [6, 6.07) is 16.9. The third-order valence-corrected chi connectivity index (χ3v) is 7.22. The Hall–Kier alpha value is -3.87. The van der Waals surface area contributed by atoms with E-state index < -0.39 is 17.1 Å². The summed E-state index contributed by atoms with van der Waals surface area (Å²) < 4.78 is 17.7. The van der Waals surface area contributed by atoms with Gasteiger partial charge in [0.2, 0.25) is 0 Å². The van der Waals surface area contributed by atoms with Gasteiger partial charge < -0.3 is 14.2 Å². The van der Waals surface area contributed by atoms with Crippen molar-refractivity contribution in [3.05, 3.63) is 83.7 Å². The Morgan fingerprint density at radius 1 is 1.03 bits per heavy atom. The highest BCUT2D eigenvalue weighted by molar-refractivity contribution is 6.22. The summed E-state index contributed by atoms with van der Waals surface area (Å²) >= 11 is 0. The van der Waals surface area contributed by atoms with Crippen LogP contribution in [-0.2, 0) is 21.4 Å². The van der Waals surface area contributed by atoms with E-state index in [4.69, 9.17) is 14.2 Å². The highest BCUT2D eigenvalue weighted by Crippen LogP contribution is 2.50. The first-order chi connectivity index (χ1) is 18.2. The van der Waals surface area contributed by atoms with E-state index in [1.165, 1.54) is 4.90 Å². The number of ether oxygens (including phenoxy) is 3. The van der Waals surface area contributed by atoms with Crippen molar-refractivity contribution in [1.29, 1.82) is 0 Å². The van der Waals surface area contributed by atoms with Crippen molar-refractivity contribution in [2.75, 3.05) is 12.0 Å². The van der Waals surface area contributed by atoms with Crippen molar-refractivity contribution < 1.29 is 23.8 Å². The number of carbonyl (C=O) groups is 2. The van der Waals surface area contributed by atoms with Crippen molar-refractivity contribution in [3.63, 3.8) is 0 Å². The third-order valence-electron chi connectivity index (χ3n) is 7.22. The fourth-order valence-electron chi connectivity index (χ4n) is 5.51. The number of para-hydroxylation sites is 1. The smallest absolute Gasteiger partial charge is 0.421 e. The van der Waals surface area contributed by atoms with Gasteiger partial charge in [0.1, 0.15) is 11.0 Å². The summed E-state index contributed by atoms with van der Waals surface area (Å²) in [7, 11) is 1.61. The molecule has 3 aromatic rings. The molecule has 2 amide bonds. The number of benzene rings is 2. The first kappa shape index (κ1) is 25.8. The van der Waals surface area contributed by atoms with Gasteiger partial charge in [0.25, 0.3) is 5.91 Å². The second-order valence-electron chi connectivity index (χ2n) is 11.0. The number of fused-ring (bicyclic) bond motifs is 1. The van der Waals surface area contributed by atoms with Crippen molar-refractivity contribution in [2.45, 2.75) is 70.0 Å². The molecule has 7 nitrogen and oxygen atoms in total. The van der Waals surface area contributed by atoms with Crippen LogP contribution in [0.5, 0.6) is 11.5 Å². The maximum atomic E-state index is 14.6. The van der Waals surface area contributed by atoms with Crippen molar-refractivity contribution in [3.8, 4) is 11.5 Å². The molecule has 0 radical (unpaired) electrons. The maximum Gasteiger partial charge on any atom is 0.421 e. The minimum atomic E-state index is -1.19. The van der Waals surface area contributed by atoms with Crippen molar-refractivity contribution in [2.24, 2.45) is 0 Å². The number of imide groups is 1. The summed E-state index contributed by atoms with van der Waals surface area (Å²) in [6.45, 7) is 5.37.